The van der Waals surface area contributed by atoms with Crippen LogP contribution in [0.1, 0.15) is 44.8 Å². The standard InChI is InChI=1S/C15H18Cl2N2/c1-9(16)14-18-13-11(17)5-4-6-12(13)19(14)15(2,3)10-7-8-10/h4-6,9-10H,7-8H2,1-3H3. The summed E-state index contributed by atoms with van der Waals surface area (Å²) in [5, 5.41) is 0.572. The smallest absolute Gasteiger partial charge is 0.128 e. The molecule has 0 amide bonds. The van der Waals surface area contributed by atoms with Crippen molar-refractivity contribution in [3.05, 3.63) is 29.0 Å². The molecule has 1 aromatic heterocycles. The second-order valence-electron chi connectivity index (χ2n) is 5.96. The molecule has 2 aromatic rings. The number of nitrogens with zero attached hydrogens (tertiary/aromatic N) is 2. The molecule has 1 aliphatic carbocycles. The fourth-order valence-corrected chi connectivity index (χ4v) is 3.29. The van der Waals surface area contributed by atoms with Crippen molar-refractivity contribution in [3.8, 4) is 0 Å². The molecule has 1 aromatic carbocycles. The Morgan fingerprint density at radius 3 is 2.63 bits per heavy atom. The van der Waals surface area contributed by atoms with Crippen LogP contribution in [0.2, 0.25) is 5.02 Å². The Bertz CT molecular complexity index is 624. The van der Waals surface area contributed by atoms with E-state index >= 15 is 0 Å². The van der Waals surface area contributed by atoms with Gasteiger partial charge in [0.15, 0.2) is 0 Å². The van der Waals surface area contributed by atoms with E-state index in [0.717, 1.165) is 16.9 Å². The van der Waals surface area contributed by atoms with Crippen molar-refractivity contribution in [1.82, 2.24) is 9.55 Å². The normalized spacial score (nSPS) is 17.9. The Morgan fingerprint density at radius 2 is 2.05 bits per heavy atom. The topological polar surface area (TPSA) is 17.8 Å². The first kappa shape index (κ1) is 13.3. The second-order valence-corrected chi connectivity index (χ2v) is 7.02. The van der Waals surface area contributed by atoms with Crippen molar-refractivity contribution in [2.45, 2.75) is 44.5 Å². The second kappa shape index (κ2) is 4.39. The number of halogens is 2. The molecule has 1 aliphatic rings. The molecule has 1 fully saturated rings. The summed E-state index contributed by atoms with van der Waals surface area (Å²) in [7, 11) is 0. The summed E-state index contributed by atoms with van der Waals surface area (Å²) < 4.78 is 2.30. The van der Waals surface area contributed by atoms with E-state index in [0.29, 0.717) is 10.9 Å². The zero-order valence-electron chi connectivity index (χ0n) is 11.5. The number of imidazole rings is 1. The Morgan fingerprint density at radius 1 is 1.37 bits per heavy atom. The van der Waals surface area contributed by atoms with E-state index in [2.05, 4.69) is 29.5 Å². The van der Waals surface area contributed by atoms with Crippen LogP contribution in [0.25, 0.3) is 11.0 Å². The first-order valence-electron chi connectivity index (χ1n) is 6.74. The van der Waals surface area contributed by atoms with Gasteiger partial charge in [0.1, 0.15) is 11.3 Å². The highest BCUT2D eigenvalue weighted by Crippen LogP contribution is 2.47. The predicted octanol–water partition coefficient (Wildman–Crippen LogP) is 5.13. The Hall–Kier alpha value is -0.730. The van der Waals surface area contributed by atoms with Crippen LogP contribution in [0.5, 0.6) is 0 Å². The molecule has 102 valence electrons. The summed E-state index contributed by atoms with van der Waals surface area (Å²) in [6.07, 6.45) is 2.56. The molecule has 4 heteroatoms. The molecule has 0 radical (unpaired) electrons. The number of fused-ring (bicyclic) bond motifs is 1. The number of benzene rings is 1. The molecule has 0 N–H and O–H groups in total. The lowest BCUT2D eigenvalue weighted by molar-refractivity contribution is 0.304. The SMILES string of the molecule is CC(Cl)c1nc2c(Cl)cccc2n1C(C)(C)C1CC1. The minimum atomic E-state index is -0.124. The van der Waals surface area contributed by atoms with Crippen LogP contribution in [0.15, 0.2) is 18.2 Å². The van der Waals surface area contributed by atoms with E-state index in [-0.39, 0.29) is 10.9 Å². The highest BCUT2D eigenvalue weighted by Gasteiger charge is 2.41. The molecule has 0 aliphatic heterocycles. The average Bonchev–Trinajstić information content (AvgIpc) is 3.10. The van der Waals surface area contributed by atoms with E-state index < -0.39 is 0 Å². The lowest BCUT2D eigenvalue weighted by Gasteiger charge is -2.30. The van der Waals surface area contributed by atoms with E-state index in [1.54, 1.807) is 0 Å². The number of rotatable bonds is 3. The third-order valence-corrected chi connectivity index (χ3v) is 4.67. The molecule has 19 heavy (non-hydrogen) atoms. The summed E-state index contributed by atoms with van der Waals surface area (Å²) >= 11 is 12.6. The average molecular weight is 297 g/mol. The van der Waals surface area contributed by atoms with Gasteiger partial charge in [0.2, 0.25) is 0 Å². The first-order chi connectivity index (χ1) is 8.93. The number of para-hydroxylation sites is 1. The fraction of sp³-hybridized carbons (Fsp3) is 0.533. The third-order valence-electron chi connectivity index (χ3n) is 4.17. The van der Waals surface area contributed by atoms with Crippen LogP contribution < -0.4 is 0 Å². The van der Waals surface area contributed by atoms with Crippen molar-refractivity contribution < 1.29 is 0 Å². The van der Waals surface area contributed by atoms with Crippen LogP contribution in [0, 0.1) is 5.92 Å². The molecule has 0 spiro atoms. The van der Waals surface area contributed by atoms with Crippen molar-refractivity contribution in [2.75, 3.05) is 0 Å². The molecule has 1 saturated carbocycles. The van der Waals surface area contributed by atoms with Crippen LogP contribution in [-0.4, -0.2) is 9.55 Å². The summed E-state index contributed by atoms with van der Waals surface area (Å²) in [5.74, 6) is 1.62. The van der Waals surface area contributed by atoms with Gasteiger partial charge < -0.3 is 4.57 Å². The maximum Gasteiger partial charge on any atom is 0.128 e. The number of hydrogen-bond acceptors (Lipinski definition) is 1. The number of alkyl halides is 1. The van der Waals surface area contributed by atoms with E-state index in [4.69, 9.17) is 23.2 Å². The summed E-state index contributed by atoms with van der Waals surface area (Å²) in [4.78, 5) is 4.69. The molecule has 1 atom stereocenters. The number of hydrogen-bond donors (Lipinski definition) is 0. The van der Waals surface area contributed by atoms with Gasteiger partial charge in [-0.3, -0.25) is 0 Å². The minimum absolute atomic E-state index is 0.0396. The van der Waals surface area contributed by atoms with Crippen molar-refractivity contribution in [2.24, 2.45) is 5.92 Å². The first-order valence-corrected chi connectivity index (χ1v) is 7.55. The quantitative estimate of drug-likeness (QED) is 0.718. The molecular formula is C15H18Cl2N2. The largest absolute Gasteiger partial charge is 0.321 e. The Labute approximate surface area is 123 Å². The predicted molar refractivity (Wildman–Crippen MR) is 81.1 cm³/mol. The highest BCUT2D eigenvalue weighted by molar-refractivity contribution is 6.35. The Balaban J connectivity index is 2.31. The molecule has 1 heterocycles. The maximum atomic E-state index is 6.34. The van der Waals surface area contributed by atoms with Gasteiger partial charge in [-0.05, 0) is 51.7 Å². The van der Waals surface area contributed by atoms with E-state index in [9.17, 15) is 0 Å². The van der Waals surface area contributed by atoms with Gasteiger partial charge in [-0.2, -0.15) is 0 Å². The van der Waals surface area contributed by atoms with Crippen molar-refractivity contribution in [3.63, 3.8) is 0 Å². The van der Waals surface area contributed by atoms with Gasteiger partial charge in [-0.25, -0.2) is 4.98 Å². The fourth-order valence-electron chi connectivity index (χ4n) is 2.93. The summed E-state index contributed by atoms with van der Waals surface area (Å²) in [5.41, 5.74) is 1.99. The van der Waals surface area contributed by atoms with Crippen LogP contribution >= 0.6 is 23.2 Å². The minimum Gasteiger partial charge on any atom is -0.321 e. The molecule has 3 rings (SSSR count). The van der Waals surface area contributed by atoms with Gasteiger partial charge in [-0.1, -0.05) is 17.7 Å². The van der Waals surface area contributed by atoms with E-state index in [1.807, 2.05) is 19.1 Å². The maximum absolute atomic E-state index is 6.34. The van der Waals surface area contributed by atoms with Crippen LogP contribution in [-0.2, 0) is 5.54 Å². The monoisotopic (exact) mass is 296 g/mol. The van der Waals surface area contributed by atoms with Crippen molar-refractivity contribution in [1.29, 1.82) is 0 Å². The number of aromatic nitrogens is 2. The van der Waals surface area contributed by atoms with Gasteiger partial charge in [0.25, 0.3) is 0 Å². The van der Waals surface area contributed by atoms with Gasteiger partial charge in [0.05, 0.1) is 15.9 Å². The molecule has 0 saturated heterocycles. The highest BCUT2D eigenvalue weighted by atomic mass is 35.5. The summed E-state index contributed by atoms with van der Waals surface area (Å²) in [6.45, 7) is 6.51. The zero-order chi connectivity index (χ0) is 13.8. The molecule has 2 nitrogen and oxygen atoms in total. The summed E-state index contributed by atoms with van der Waals surface area (Å²) in [6, 6.07) is 5.95. The zero-order valence-corrected chi connectivity index (χ0v) is 13.0. The molecule has 1 unspecified atom stereocenters. The van der Waals surface area contributed by atoms with E-state index in [1.165, 1.54) is 12.8 Å². The lowest BCUT2D eigenvalue weighted by Crippen LogP contribution is -2.30. The van der Waals surface area contributed by atoms with Gasteiger partial charge >= 0.3 is 0 Å². The van der Waals surface area contributed by atoms with Gasteiger partial charge in [0, 0.05) is 5.54 Å². The van der Waals surface area contributed by atoms with Crippen molar-refractivity contribution >= 4 is 34.2 Å². The van der Waals surface area contributed by atoms with Gasteiger partial charge in [-0.15, -0.1) is 11.6 Å². The Kier molecular flexibility index (Phi) is 3.06. The van der Waals surface area contributed by atoms with Crippen LogP contribution in [0.3, 0.4) is 0 Å². The lowest BCUT2D eigenvalue weighted by atomic mass is 9.97. The molecular weight excluding hydrogens is 279 g/mol. The van der Waals surface area contributed by atoms with Crippen LogP contribution in [0.4, 0.5) is 0 Å². The molecule has 0 bridgehead atoms. The third kappa shape index (κ3) is 2.05.